The summed E-state index contributed by atoms with van der Waals surface area (Å²) in [6, 6.07) is 5.63. The number of benzene rings is 2. The smallest absolute Gasteiger partial charge is 0.311 e. The number of phenolic OH excluding ortho intramolecular Hbond substituents is 1. The first-order valence-electron chi connectivity index (χ1n) is 9.34. The largest absolute Gasteiger partial charge is 0.505 e. The average molecular weight is 436 g/mol. The van der Waals surface area contributed by atoms with Gasteiger partial charge in [-0.05, 0) is 42.7 Å². The second-order valence-electron chi connectivity index (χ2n) is 7.29. The van der Waals surface area contributed by atoms with E-state index in [1.165, 1.54) is 12.1 Å². The average Bonchev–Trinajstić information content (AvgIpc) is 2.95. The number of halogens is 3. The first-order valence-corrected chi connectivity index (χ1v) is 9.72. The fourth-order valence-corrected chi connectivity index (χ4v) is 3.87. The van der Waals surface area contributed by atoms with E-state index in [1.807, 2.05) is 6.92 Å². The van der Waals surface area contributed by atoms with Gasteiger partial charge in [0.25, 0.3) is 5.91 Å². The van der Waals surface area contributed by atoms with Gasteiger partial charge in [-0.25, -0.2) is 8.78 Å². The Morgan fingerprint density at radius 2 is 1.83 bits per heavy atom. The van der Waals surface area contributed by atoms with E-state index < -0.39 is 35.2 Å². The number of nitrogens with zero attached hydrogens (tertiary/aromatic N) is 1. The minimum absolute atomic E-state index is 0.0349. The van der Waals surface area contributed by atoms with Crippen LogP contribution in [0.1, 0.15) is 47.8 Å². The molecule has 30 heavy (non-hydrogen) atoms. The molecule has 0 amide bonds. The summed E-state index contributed by atoms with van der Waals surface area (Å²) in [5, 5.41) is 19.9. The molecule has 0 saturated heterocycles. The van der Waals surface area contributed by atoms with Crippen molar-refractivity contribution in [3.05, 3.63) is 63.8 Å². The molecule has 3 rings (SSSR count). The Hall–Kier alpha value is -2.93. The van der Waals surface area contributed by atoms with Crippen molar-refractivity contribution in [2.24, 2.45) is 5.92 Å². The molecule has 1 aromatic heterocycles. The molecule has 0 aliphatic rings. The van der Waals surface area contributed by atoms with Crippen molar-refractivity contribution < 1.29 is 28.6 Å². The summed E-state index contributed by atoms with van der Waals surface area (Å²) in [4.78, 5) is 25.3. The Morgan fingerprint density at radius 1 is 1.17 bits per heavy atom. The maximum Gasteiger partial charge on any atom is 0.311 e. The summed E-state index contributed by atoms with van der Waals surface area (Å²) in [5.41, 5.74) is 0.646. The van der Waals surface area contributed by atoms with Gasteiger partial charge in [-0.2, -0.15) is 0 Å². The molecule has 1 unspecified atom stereocenters. The standard InChI is InChI=1S/C22H20ClF2NO4/c1-4-10(2)19(22(29)30)20-11(3)26(17-9-16(25)18(27)8-13(17)20)21(28)12-5-6-14(23)15(24)7-12/h5-10,19,27H,4H2,1-3H3,(H,29,30)/t10?,19-/m1/s1. The van der Waals surface area contributed by atoms with E-state index in [1.54, 1.807) is 13.8 Å². The van der Waals surface area contributed by atoms with Crippen LogP contribution in [-0.4, -0.2) is 26.7 Å². The highest BCUT2D eigenvalue weighted by Gasteiger charge is 2.33. The van der Waals surface area contributed by atoms with E-state index in [-0.39, 0.29) is 33.1 Å². The normalized spacial score (nSPS) is 13.4. The van der Waals surface area contributed by atoms with Gasteiger partial charge in [0.05, 0.1) is 16.5 Å². The molecule has 3 aromatic rings. The zero-order chi connectivity index (χ0) is 22.3. The Bertz CT molecular complexity index is 1170. The third-order valence-electron chi connectivity index (χ3n) is 5.48. The highest BCUT2D eigenvalue weighted by atomic mass is 35.5. The number of rotatable bonds is 5. The van der Waals surface area contributed by atoms with Crippen molar-refractivity contribution in [2.45, 2.75) is 33.1 Å². The number of aromatic hydroxyl groups is 1. The van der Waals surface area contributed by atoms with Gasteiger partial charge in [-0.15, -0.1) is 0 Å². The number of carbonyl (C=O) groups excluding carboxylic acids is 1. The van der Waals surface area contributed by atoms with Crippen LogP contribution in [0.2, 0.25) is 5.02 Å². The fourth-order valence-electron chi connectivity index (χ4n) is 3.75. The topological polar surface area (TPSA) is 79.5 Å². The van der Waals surface area contributed by atoms with Crippen molar-refractivity contribution in [2.75, 3.05) is 0 Å². The highest BCUT2D eigenvalue weighted by molar-refractivity contribution is 6.30. The second kappa shape index (κ2) is 8.07. The number of hydrogen-bond acceptors (Lipinski definition) is 3. The molecule has 0 radical (unpaired) electrons. The van der Waals surface area contributed by atoms with Crippen molar-refractivity contribution in [1.82, 2.24) is 4.57 Å². The quantitative estimate of drug-likeness (QED) is 0.555. The Kier molecular flexibility index (Phi) is 5.85. The van der Waals surface area contributed by atoms with Gasteiger partial charge in [0, 0.05) is 22.7 Å². The Balaban J connectivity index is 2.36. The van der Waals surface area contributed by atoms with Gasteiger partial charge in [0.1, 0.15) is 5.82 Å². The minimum Gasteiger partial charge on any atom is -0.505 e. The number of fused-ring (bicyclic) bond motifs is 1. The lowest BCUT2D eigenvalue weighted by molar-refractivity contribution is -0.140. The molecule has 158 valence electrons. The van der Waals surface area contributed by atoms with Crippen LogP contribution < -0.4 is 0 Å². The number of carboxylic acid groups (broad SMARTS) is 1. The van der Waals surface area contributed by atoms with Crippen LogP contribution in [0.4, 0.5) is 8.78 Å². The molecule has 0 spiro atoms. The summed E-state index contributed by atoms with van der Waals surface area (Å²) in [6.07, 6.45) is 0.548. The van der Waals surface area contributed by atoms with Gasteiger partial charge >= 0.3 is 5.97 Å². The number of phenols is 1. The molecule has 5 nitrogen and oxygen atoms in total. The lowest BCUT2D eigenvalue weighted by atomic mass is 9.84. The van der Waals surface area contributed by atoms with Crippen LogP contribution >= 0.6 is 11.6 Å². The van der Waals surface area contributed by atoms with Crippen molar-refractivity contribution in [3.63, 3.8) is 0 Å². The molecule has 2 N–H and O–H groups in total. The summed E-state index contributed by atoms with van der Waals surface area (Å²) < 4.78 is 29.2. The molecule has 2 aromatic carbocycles. The minimum atomic E-state index is -1.10. The molecule has 0 bridgehead atoms. The third-order valence-corrected chi connectivity index (χ3v) is 5.79. The first kappa shape index (κ1) is 21.8. The molecular weight excluding hydrogens is 416 g/mol. The predicted molar refractivity (Wildman–Crippen MR) is 109 cm³/mol. The monoisotopic (exact) mass is 435 g/mol. The number of carbonyl (C=O) groups is 2. The molecule has 8 heteroatoms. The third kappa shape index (κ3) is 3.54. The number of aromatic nitrogens is 1. The van der Waals surface area contributed by atoms with E-state index in [0.717, 1.165) is 22.8 Å². The fraction of sp³-hybridized carbons (Fsp3) is 0.273. The number of hydrogen-bond donors (Lipinski definition) is 2. The molecular formula is C22H20ClF2NO4. The molecule has 0 fully saturated rings. The predicted octanol–water partition coefficient (Wildman–Crippen LogP) is 5.49. The van der Waals surface area contributed by atoms with Gasteiger partial charge in [0.2, 0.25) is 0 Å². The molecule has 2 atom stereocenters. The van der Waals surface area contributed by atoms with Crippen LogP contribution in [-0.2, 0) is 4.79 Å². The van der Waals surface area contributed by atoms with Crippen LogP contribution in [0.5, 0.6) is 5.75 Å². The van der Waals surface area contributed by atoms with E-state index >= 15 is 0 Å². The van der Waals surface area contributed by atoms with E-state index in [4.69, 9.17) is 11.6 Å². The summed E-state index contributed by atoms with van der Waals surface area (Å²) >= 11 is 5.69. The lowest BCUT2D eigenvalue weighted by Crippen LogP contribution is -2.21. The maximum absolute atomic E-state index is 14.2. The number of carboxylic acids is 1. The van der Waals surface area contributed by atoms with Crippen molar-refractivity contribution in [3.8, 4) is 5.75 Å². The van der Waals surface area contributed by atoms with Crippen LogP contribution in [0, 0.1) is 24.5 Å². The summed E-state index contributed by atoms with van der Waals surface area (Å²) in [5.74, 6) is -5.45. The van der Waals surface area contributed by atoms with E-state index in [9.17, 15) is 28.6 Å². The maximum atomic E-state index is 14.2. The van der Waals surface area contributed by atoms with E-state index in [0.29, 0.717) is 12.0 Å². The lowest BCUT2D eigenvalue weighted by Gasteiger charge is -2.20. The molecule has 1 heterocycles. The highest BCUT2D eigenvalue weighted by Crippen LogP contribution is 2.39. The van der Waals surface area contributed by atoms with Gasteiger partial charge in [-0.1, -0.05) is 31.9 Å². The zero-order valence-corrected chi connectivity index (χ0v) is 17.3. The van der Waals surface area contributed by atoms with Gasteiger partial charge in [-0.3, -0.25) is 14.2 Å². The Morgan fingerprint density at radius 3 is 2.40 bits per heavy atom. The van der Waals surface area contributed by atoms with Gasteiger partial charge < -0.3 is 10.2 Å². The molecule has 0 aliphatic carbocycles. The van der Waals surface area contributed by atoms with Crippen LogP contribution in [0.15, 0.2) is 30.3 Å². The van der Waals surface area contributed by atoms with Crippen molar-refractivity contribution >= 4 is 34.4 Å². The van der Waals surface area contributed by atoms with E-state index in [2.05, 4.69) is 0 Å². The number of aliphatic carboxylic acids is 1. The second-order valence-corrected chi connectivity index (χ2v) is 7.70. The summed E-state index contributed by atoms with van der Waals surface area (Å²) in [7, 11) is 0. The summed E-state index contributed by atoms with van der Waals surface area (Å²) in [6.45, 7) is 5.15. The zero-order valence-electron chi connectivity index (χ0n) is 16.5. The Labute approximate surface area is 176 Å². The molecule has 0 aliphatic heterocycles. The SMILES string of the molecule is CCC(C)[C@@H](C(=O)O)c1c(C)n(C(=O)c2ccc(Cl)c(F)c2)c2cc(F)c(O)cc12. The van der Waals surface area contributed by atoms with Crippen molar-refractivity contribution in [1.29, 1.82) is 0 Å². The molecule has 0 saturated carbocycles. The first-order chi connectivity index (χ1) is 14.1. The van der Waals surface area contributed by atoms with Crippen LogP contribution in [0.3, 0.4) is 0 Å². The van der Waals surface area contributed by atoms with Gasteiger partial charge in [0.15, 0.2) is 11.6 Å². The van der Waals surface area contributed by atoms with Crippen LogP contribution in [0.25, 0.3) is 10.9 Å².